The molecule has 2 saturated heterocycles. The third kappa shape index (κ3) is 5.43. The van der Waals surface area contributed by atoms with E-state index in [1.54, 1.807) is 0 Å². The van der Waals surface area contributed by atoms with E-state index in [4.69, 9.17) is 0 Å². The van der Waals surface area contributed by atoms with Crippen molar-refractivity contribution in [2.45, 2.75) is 102 Å². The van der Waals surface area contributed by atoms with E-state index in [9.17, 15) is 5.11 Å². The number of rotatable bonds is 5. The molecule has 1 N–H and O–H groups in total. The first kappa shape index (κ1) is 20.6. The number of piperidine rings is 1. The summed E-state index contributed by atoms with van der Waals surface area (Å²) in [6, 6.07) is 2.79. The van der Waals surface area contributed by atoms with E-state index in [0.717, 1.165) is 18.5 Å². The summed E-state index contributed by atoms with van der Waals surface area (Å²) in [5.74, 6) is 0. The Hall–Kier alpha value is -0.160. The fourth-order valence-electron chi connectivity index (χ4n) is 5.65. The van der Waals surface area contributed by atoms with Crippen LogP contribution < -0.4 is 0 Å². The summed E-state index contributed by atoms with van der Waals surface area (Å²) in [7, 11) is 0. The molecule has 0 amide bonds. The molecule has 1 saturated carbocycles. The predicted octanol–water partition coefficient (Wildman–Crippen LogP) is 3.34. The van der Waals surface area contributed by atoms with Gasteiger partial charge in [-0.1, -0.05) is 32.1 Å². The zero-order valence-electron chi connectivity index (χ0n) is 17.4. The smallest absolute Gasteiger partial charge is 0.0446 e. The number of aliphatic hydroxyl groups excluding tert-OH is 1. The molecule has 1 aliphatic carbocycles. The zero-order valence-corrected chi connectivity index (χ0v) is 17.4. The molecule has 4 heteroatoms. The number of nitrogens with zero attached hydrogens (tertiary/aromatic N) is 3. The normalized spacial score (nSPS) is 29.8. The lowest BCUT2D eigenvalue weighted by Gasteiger charge is -2.49. The highest BCUT2D eigenvalue weighted by atomic mass is 16.3. The molecule has 3 aliphatic rings. The van der Waals surface area contributed by atoms with Gasteiger partial charge in [-0.15, -0.1) is 0 Å². The van der Waals surface area contributed by atoms with Gasteiger partial charge in [0.15, 0.2) is 0 Å². The van der Waals surface area contributed by atoms with E-state index in [-0.39, 0.29) is 0 Å². The van der Waals surface area contributed by atoms with E-state index in [1.807, 2.05) is 0 Å². The maximum absolute atomic E-state index is 9.67. The van der Waals surface area contributed by atoms with Crippen LogP contribution in [0.2, 0.25) is 0 Å². The van der Waals surface area contributed by atoms with Crippen molar-refractivity contribution in [2.24, 2.45) is 0 Å². The van der Waals surface area contributed by atoms with Crippen LogP contribution in [0.25, 0.3) is 0 Å². The fraction of sp³-hybridized carbons (Fsp3) is 1.00. The minimum atomic E-state index is 0.338. The highest BCUT2D eigenvalue weighted by molar-refractivity contribution is 4.91. The quantitative estimate of drug-likeness (QED) is 0.809. The van der Waals surface area contributed by atoms with Crippen molar-refractivity contribution in [1.82, 2.24) is 14.7 Å². The number of aliphatic hydroxyl groups is 1. The van der Waals surface area contributed by atoms with Crippen molar-refractivity contribution in [3.05, 3.63) is 0 Å². The number of hydrogen-bond donors (Lipinski definition) is 1. The van der Waals surface area contributed by atoms with Gasteiger partial charge in [-0.25, -0.2) is 0 Å². The van der Waals surface area contributed by atoms with Crippen LogP contribution >= 0.6 is 0 Å². The fourth-order valence-corrected chi connectivity index (χ4v) is 5.65. The molecule has 2 aliphatic heterocycles. The lowest BCUT2D eigenvalue weighted by Crippen LogP contribution is -2.60. The van der Waals surface area contributed by atoms with Crippen molar-refractivity contribution in [2.75, 3.05) is 39.3 Å². The Morgan fingerprint density at radius 2 is 1.46 bits per heavy atom. The highest BCUT2D eigenvalue weighted by Crippen LogP contribution is 2.28. The van der Waals surface area contributed by atoms with E-state index >= 15 is 0 Å². The topological polar surface area (TPSA) is 30.0 Å². The molecular formula is C22H43N3O. The van der Waals surface area contributed by atoms with Crippen LogP contribution in [-0.2, 0) is 0 Å². The molecule has 2 heterocycles. The first-order chi connectivity index (χ1) is 12.7. The number of likely N-dealkylation sites (tertiary alicyclic amines) is 1. The molecule has 152 valence electrons. The second-order valence-electron chi connectivity index (χ2n) is 9.26. The van der Waals surface area contributed by atoms with Crippen LogP contribution in [-0.4, -0.2) is 83.3 Å². The minimum Gasteiger partial charge on any atom is -0.396 e. The van der Waals surface area contributed by atoms with Crippen molar-refractivity contribution in [3.8, 4) is 0 Å². The third-order valence-corrected chi connectivity index (χ3v) is 7.31. The molecule has 0 aromatic carbocycles. The second-order valence-corrected chi connectivity index (χ2v) is 9.26. The largest absolute Gasteiger partial charge is 0.396 e. The van der Waals surface area contributed by atoms with Gasteiger partial charge in [-0.2, -0.15) is 0 Å². The molecule has 26 heavy (non-hydrogen) atoms. The molecule has 0 aromatic rings. The van der Waals surface area contributed by atoms with E-state index in [0.29, 0.717) is 18.7 Å². The van der Waals surface area contributed by atoms with Gasteiger partial charge in [0.25, 0.3) is 0 Å². The maximum Gasteiger partial charge on any atom is 0.0446 e. The second kappa shape index (κ2) is 10.4. The maximum atomic E-state index is 9.67. The average molecular weight is 366 g/mol. The lowest BCUT2D eigenvalue weighted by molar-refractivity contribution is -0.0142. The van der Waals surface area contributed by atoms with Crippen molar-refractivity contribution >= 4 is 0 Å². The summed E-state index contributed by atoms with van der Waals surface area (Å²) >= 11 is 0. The van der Waals surface area contributed by atoms with Crippen LogP contribution in [0.4, 0.5) is 0 Å². The zero-order chi connectivity index (χ0) is 18.4. The first-order valence-electron chi connectivity index (χ1n) is 11.5. The third-order valence-electron chi connectivity index (χ3n) is 7.31. The van der Waals surface area contributed by atoms with E-state index < -0.39 is 0 Å². The SMILES string of the molecule is CC(C)N1CCC(N2CCN(C3CCCCCCC3)C[C@@H]2CCO)CC1. The molecule has 0 unspecified atom stereocenters. The van der Waals surface area contributed by atoms with Gasteiger partial charge in [-0.05, 0) is 59.0 Å². The summed E-state index contributed by atoms with van der Waals surface area (Å²) < 4.78 is 0. The molecule has 1 atom stereocenters. The Kier molecular flexibility index (Phi) is 8.23. The monoisotopic (exact) mass is 365 g/mol. The number of piperazine rings is 1. The Labute approximate surface area is 161 Å². The van der Waals surface area contributed by atoms with Gasteiger partial charge in [-0.3, -0.25) is 9.80 Å². The Morgan fingerprint density at radius 3 is 2.08 bits per heavy atom. The van der Waals surface area contributed by atoms with E-state index in [1.165, 1.54) is 90.5 Å². The predicted molar refractivity (Wildman–Crippen MR) is 110 cm³/mol. The molecule has 0 bridgehead atoms. The Bertz CT molecular complexity index is 387. The van der Waals surface area contributed by atoms with Crippen molar-refractivity contribution < 1.29 is 5.11 Å². The van der Waals surface area contributed by atoms with Crippen LogP contribution in [0.1, 0.15) is 78.1 Å². The Morgan fingerprint density at radius 1 is 0.808 bits per heavy atom. The summed E-state index contributed by atoms with van der Waals surface area (Å²) in [4.78, 5) is 8.21. The van der Waals surface area contributed by atoms with Gasteiger partial charge in [0.05, 0.1) is 0 Å². The van der Waals surface area contributed by atoms with Crippen LogP contribution in [0, 0.1) is 0 Å². The van der Waals surface area contributed by atoms with Crippen LogP contribution in [0.5, 0.6) is 0 Å². The van der Waals surface area contributed by atoms with Crippen LogP contribution in [0.3, 0.4) is 0 Å². The highest BCUT2D eigenvalue weighted by Gasteiger charge is 2.35. The molecule has 4 nitrogen and oxygen atoms in total. The van der Waals surface area contributed by atoms with E-state index in [2.05, 4.69) is 28.5 Å². The summed E-state index contributed by atoms with van der Waals surface area (Å²) in [5.41, 5.74) is 0. The first-order valence-corrected chi connectivity index (χ1v) is 11.5. The Balaban J connectivity index is 1.56. The number of hydrogen-bond acceptors (Lipinski definition) is 4. The van der Waals surface area contributed by atoms with Crippen molar-refractivity contribution in [3.63, 3.8) is 0 Å². The standard InChI is InChI=1S/C22H43N3O/c1-19(2)23-13-10-21(11-14-23)25-16-15-24(18-22(25)12-17-26)20-8-6-4-3-5-7-9-20/h19-22,26H,3-18H2,1-2H3/t22-/m0/s1. The summed E-state index contributed by atoms with van der Waals surface area (Å²) in [6.07, 6.45) is 13.5. The van der Waals surface area contributed by atoms with Crippen LogP contribution in [0.15, 0.2) is 0 Å². The molecule has 3 fully saturated rings. The average Bonchev–Trinajstić information content (AvgIpc) is 2.62. The van der Waals surface area contributed by atoms with Crippen molar-refractivity contribution in [1.29, 1.82) is 0 Å². The van der Waals surface area contributed by atoms with Gasteiger partial charge >= 0.3 is 0 Å². The van der Waals surface area contributed by atoms with Gasteiger partial charge in [0.1, 0.15) is 0 Å². The molecule has 3 rings (SSSR count). The lowest BCUT2D eigenvalue weighted by atomic mass is 9.93. The van der Waals surface area contributed by atoms with Gasteiger partial charge in [0, 0.05) is 50.4 Å². The minimum absolute atomic E-state index is 0.338. The summed E-state index contributed by atoms with van der Waals surface area (Å²) in [5, 5.41) is 9.67. The molecule has 0 radical (unpaired) electrons. The molecule has 0 aromatic heterocycles. The van der Waals surface area contributed by atoms with Gasteiger partial charge < -0.3 is 10.0 Å². The molecular weight excluding hydrogens is 322 g/mol. The molecule has 0 spiro atoms. The summed E-state index contributed by atoms with van der Waals surface area (Å²) in [6.45, 7) is 11.1. The van der Waals surface area contributed by atoms with Gasteiger partial charge in [0.2, 0.25) is 0 Å².